The normalized spacial score (nSPS) is 14.0. The van der Waals surface area contributed by atoms with Crippen LogP contribution in [0.25, 0.3) is 0 Å². The molecule has 0 unspecified atom stereocenters. The zero-order valence-corrected chi connectivity index (χ0v) is 15.7. The molecule has 1 aliphatic heterocycles. The first-order valence-electron chi connectivity index (χ1n) is 8.78. The Morgan fingerprint density at radius 1 is 1.04 bits per heavy atom. The number of carbonyl (C=O) groups is 2. The van der Waals surface area contributed by atoms with Crippen LogP contribution in [0.4, 0.5) is 11.5 Å². The van der Waals surface area contributed by atoms with E-state index >= 15 is 0 Å². The van der Waals surface area contributed by atoms with E-state index in [0.29, 0.717) is 37.7 Å². The number of piperazine rings is 1. The molecule has 2 heterocycles. The first kappa shape index (κ1) is 18.6. The van der Waals surface area contributed by atoms with Gasteiger partial charge in [-0.15, -0.1) is 10.2 Å². The van der Waals surface area contributed by atoms with Gasteiger partial charge >= 0.3 is 0 Å². The number of hydrogen-bond acceptors (Lipinski definition) is 6. The Kier molecular flexibility index (Phi) is 5.54. The maximum Gasteiger partial charge on any atom is 0.274 e. The van der Waals surface area contributed by atoms with Crippen molar-refractivity contribution in [3.63, 3.8) is 0 Å². The smallest absolute Gasteiger partial charge is 0.274 e. The summed E-state index contributed by atoms with van der Waals surface area (Å²) in [6.45, 7) is 5.62. The topological polar surface area (TPSA) is 87.7 Å². The summed E-state index contributed by atoms with van der Waals surface area (Å²) in [6, 6.07) is 9.16. The molecule has 8 heteroatoms. The molecule has 1 aromatic carbocycles. The first-order chi connectivity index (χ1) is 13.0. The molecule has 0 bridgehead atoms. The lowest BCUT2D eigenvalue weighted by atomic mass is 10.2. The van der Waals surface area contributed by atoms with E-state index in [1.807, 2.05) is 25.1 Å². The van der Waals surface area contributed by atoms with Crippen LogP contribution in [-0.4, -0.2) is 65.1 Å². The molecule has 8 nitrogen and oxygen atoms in total. The predicted octanol–water partition coefficient (Wildman–Crippen LogP) is 1.84. The Balaban J connectivity index is 1.66. The van der Waals surface area contributed by atoms with Crippen molar-refractivity contribution in [3.8, 4) is 5.75 Å². The van der Waals surface area contributed by atoms with E-state index in [1.54, 1.807) is 29.0 Å². The zero-order chi connectivity index (χ0) is 19.4. The standard InChI is InChI=1S/C19H23N5O3/c1-13-4-6-17(27-3)16(12-13)20-18-7-5-15(21-22-18)19(26)24-10-8-23(9-11-24)14(2)25/h4-7,12H,8-11H2,1-3H3,(H,20,22). The number of aromatic nitrogens is 2. The van der Waals surface area contributed by atoms with Gasteiger partial charge in [-0.05, 0) is 36.8 Å². The summed E-state index contributed by atoms with van der Waals surface area (Å²) in [4.78, 5) is 27.4. The molecule has 1 fully saturated rings. The maximum atomic E-state index is 12.6. The molecule has 0 spiro atoms. The van der Waals surface area contributed by atoms with E-state index in [-0.39, 0.29) is 17.5 Å². The number of rotatable bonds is 4. The lowest BCUT2D eigenvalue weighted by Crippen LogP contribution is -2.50. The highest BCUT2D eigenvalue weighted by atomic mass is 16.5. The van der Waals surface area contributed by atoms with Gasteiger partial charge in [-0.2, -0.15) is 0 Å². The highest BCUT2D eigenvalue weighted by molar-refractivity contribution is 5.92. The van der Waals surface area contributed by atoms with Crippen molar-refractivity contribution in [2.75, 3.05) is 38.6 Å². The Morgan fingerprint density at radius 2 is 1.74 bits per heavy atom. The zero-order valence-electron chi connectivity index (χ0n) is 15.7. The number of amides is 2. The van der Waals surface area contributed by atoms with E-state index in [4.69, 9.17) is 4.74 Å². The fourth-order valence-electron chi connectivity index (χ4n) is 2.96. The Morgan fingerprint density at radius 3 is 2.33 bits per heavy atom. The summed E-state index contributed by atoms with van der Waals surface area (Å²) in [5.41, 5.74) is 2.15. The highest BCUT2D eigenvalue weighted by Gasteiger charge is 2.24. The molecule has 3 rings (SSSR count). The molecule has 0 atom stereocenters. The Labute approximate surface area is 158 Å². The lowest BCUT2D eigenvalue weighted by molar-refractivity contribution is -0.130. The van der Waals surface area contributed by atoms with Crippen LogP contribution < -0.4 is 10.1 Å². The van der Waals surface area contributed by atoms with Gasteiger partial charge in [0.15, 0.2) is 11.5 Å². The molecule has 0 aliphatic carbocycles. The molecule has 0 radical (unpaired) electrons. The van der Waals surface area contributed by atoms with Gasteiger partial charge in [-0.1, -0.05) is 6.07 Å². The molecule has 27 heavy (non-hydrogen) atoms. The average molecular weight is 369 g/mol. The quantitative estimate of drug-likeness (QED) is 0.885. The van der Waals surface area contributed by atoms with Crippen LogP contribution in [0.1, 0.15) is 23.0 Å². The number of carbonyl (C=O) groups excluding carboxylic acids is 2. The Hall–Kier alpha value is -3.16. The molecule has 1 saturated heterocycles. The number of ether oxygens (including phenoxy) is 1. The molecular weight excluding hydrogens is 346 g/mol. The van der Waals surface area contributed by atoms with Crippen LogP contribution in [0.2, 0.25) is 0 Å². The van der Waals surface area contributed by atoms with Crippen molar-refractivity contribution in [1.82, 2.24) is 20.0 Å². The number of hydrogen-bond donors (Lipinski definition) is 1. The molecule has 1 aromatic heterocycles. The summed E-state index contributed by atoms with van der Waals surface area (Å²) in [5, 5.41) is 11.3. The number of nitrogens with one attached hydrogen (secondary N) is 1. The van der Waals surface area contributed by atoms with Gasteiger partial charge in [0.2, 0.25) is 5.91 Å². The third-order valence-corrected chi connectivity index (χ3v) is 4.51. The second-order valence-corrected chi connectivity index (χ2v) is 6.43. The summed E-state index contributed by atoms with van der Waals surface area (Å²) in [6.07, 6.45) is 0. The monoisotopic (exact) mass is 369 g/mol. The van der Waals surface area contributed by atoms with Gasteiger partial charge in [-0.3, -0.25) is 9.59 Å². The van der Waals surface area contributed by atoms with Gasteiger partial charge in [0.05, 0.1) is 12.8 Å². The van der Waals surface area contributed by atoms with Gasteiger partial charge in [0, 0.05) is 33.1 Å². The second-order valence-electron chi connectivity index (χ2n) is 6.43. The van der Waals surface area contributed by atoms with Crippen molar-refractivity contribution in [3.05, 3.63) is 41.6 Å². The van der Waals surface area contributed by atoms with Crippen LogP contribution >= 0.6 is 0 Å². The summed E-state index contributed by atoms with van der Waals surface area (Å²) < 4.78 is 5.34. The predicted molar refractivity (Wildman–Crippen MR) is 101 cm³/mol. The fourth-order valence-corrected chi connectivity index (χ4v) is 2.96. The second kappa shape index (κ2) is 8.03. The first-order valence-corrected chi connectivity index (χ1v) is 8.78. The lowest BCUT2D eigenvalue weighted by Gasteiger charge is -2.33. The van der Waals surface area contributed by atoms with Crippen molar-refractivity contribution >= 4 is 23.3 Å². The summed E-state index contributed by atoms with van der Waals surface area (Å²) in [7, 11) is 1.61. The van der Waals surface area contributed by atoms with E-state index in [0.717, 1.165) is 11.3 Å². The van der Waals surface area contributed by atoms with Crippen molar-refractivity contribution in [2.45, 2.75) is 13.8 Å². The van der Waals surface area contributed by atoms with Crippen LogP contribution in [0.3, 0.4) is 0 Å². The van der Waals surface area contributed by atoms with E-state index < -0.39 is 0 Å². The van der Waals surface area contributed by atoms with Gasteiger partial charge in [0.25, 0.3) is 5.91 Å². The number of aryl methyl sites for hydroxylation is 1. The molecule has 2 aromatic rings. The average Bonchev–Trinajstić information content (AvgIpc) is 2.68. The third-order valence-electron chi connectivity index (χ3n) is 4.51. The highest BCUT2D eigenvalue weighted by Crippen LogP contribution is 2.27. The molecule has 2 amide bonds. The maximum absolute atomic E-state index is 12.6. The van der Waals surface area contributed by atoms with Crippen LogP contribution in [-0.2, 0) is 4.79 Å². The molecule has 1 N–H and O–H groups in total. The van der Waals surface area contributed by atoms with E-state index in [9.17, 15) is 9.59 Å². The van der Waals surface area contributed by atoms with Crippen molar-refractivity contribution in [2.24, 2.45) is 0 Å². The van der Waals surface area contributed by atoms with E-state index in [2.05, 4.69) is 15.5 Å². The molecule has 142 valence electrons. The summed E-state index contributed by atoms with van der Waals surface area (Å²) in [5.74, 6) is 1.08. The van der Waals surface area contributed by atoms with Gasteiger partial charge < -0.3 is 19.9 Å². The van der Waals surface area contributed by atoms with Crippen molar-refractivity contribution < 1.29 is 14.3 Å². The van der Waals surface area contributed by atoms with Crippen LogP contribution in [0.5, 0.6) is 5.75 Å². The van der Waals surface area contributed by atoms with Crippen LogP contribution in [0.15, 0.2) is 30.3 Å². The molecular formula is C19H23N5O3. The number of nitrogens with zero attached hydrogens (tertiary/aromatic N) is 4. The van der Waals surface area contributed by atoms with Gasteiger partial charge in [0.1, 0.15) is 5.75 Å². The fraction of sp³-hybridized carbons (Fsp3) is 0.368. The number of methoxy groups -OCH3 is 1. The number of anilines is 2. The molecule has 1 aliphatic rings. The van der Waals surface area contributed by atoms with Crippen molar-refractivity contribution in [1.29, 1.82) is 0 Å². The van der Waals surface area contributed by atoms with E-state index in [1.165, 1.54) is 6.92 Å². The summed E-state index contributed by atoms with van der Waals surface area (Å²) >= 11 is 0. The third kappa shape index (κ3) is 4.33. The largest absolute Gasteiger partial charge is 0.495 e. The minimum atomic E-state index is -0.176. The minimum Gasteiger partial charge on any atom is -0.495 e. The van der Waals surface area contributed by atoms with Gasteiger partial charge in [-0.25, -0.2) is 0 Å². The Bertz CT molecular complexity index is 830. The minimum absolute atomic E-state index is 0.0314. The SMILES string of the molecule is COc1ccc(C)cc1Nc1ccc(C(=O)N2CCN(C(C)=O)CC2)nn1. The number of benzene rings is 1. The molecule has 0 saturated carbocycles. The van der Waals surface area contributed by atoms with Crippen LogP contribution in [0, 0.1) is 6.92 Å².